The van der Waals surface area contributed by atoms with E-state index < -0.39 is 35.2 Å². The zero-order valence-electron chi connectivity index (χ0n) is 20.1. The molecule has 0 bridgehead atoms. The SMILES string of the molecule is CC(C)(O)COc1ccc(C(=CN)C(=O)NC2CCC(Oc3c(F)cc(F)cc3C(N)=O)CC2)nc1. The van der Waals surface area contributed by atoms with Crippen LogP contribution in [0.5, 0.6) is 11.5 Å². The molecular weight excluding hydrogens is 474 g/mol. The fourth-order valence-corrected chi connectivity index (χ4v) is 3.78. The third-order valence-electron chi connectivity index (χ3n) is 5.58. The predicted molar refractivity (Wildman–Crippen MR) is 128 cm³/mol. The summed E-state index contributed by atoms with van der Waals surface area (Å²) >= 11 is 0. The van der Waals surface area contributed by atoms with E-state index >= 15 is 0 Å². The van der Waals surface area contributed by atoms with E-state index in [-0.39, 0.29) is 29.5 Å². The number of primary amides is 1. The van der Waals surface area contributed by atoms with Crippen molar-refractivity contribution in [3.63, 3.8) is 0 Å². The molecule has 2 aromatic rings. The van der Waals surface area contributed by atoms with Crippen molar-refractivity contribution in [3.05, 3.63) is 59.6 Å². The lowest BCUT2D eigenvalue weighted by atomic mass is 9.92. The molecule has 0 saturated heterocycles. The number of nitrogens with zero attached hydrogens (tertiary/aromatic N) is 1. The highest BCUT2D eigenvalue weighted by Crippen LogP contribution is 2.30. The van der Waals surface area contributed by atoms with Gasteiger partial charge in [0.15, 0.2) is 11.6 Å². The summed E-state index contributed by atoms with van der Waals surface area (Å²) in [5.74, 6) is -3.24. The van der Waals surface area contributed by atoms with Crippen LogP contribution in [-0.4, -0.2) is 46.3 Å². The molecule has 1 aromatic carbocycles. The van der Waals surface area contributed by atoms with Gasteiger partial charge in [0.1, 0.15) is 18.2 Å². The third kappa shape index (κ3) is 7.14. The van der Waals surface area contributed by atoms with Crippen LogP contribution >= 0.6 is 0 Å². The Morgan fingerprint density at radius 1 is 1.22 bits per heavy atom. The number of halogens is 2. The van der Waals surface area contributed by atoms with E-state index in [0.29, 0.717) is 43.2 Å². The normalized spacial score (nSPS) is 18.4. The van der Waals surface area contributed by atoms with E-state index in [1.807, 2.05) is 0 Å². The summed E-state index contributed by atoms with van der Waals surface area (Å²) in [4.78, 5) is 28.6. The summed E-state index contributed by atoms with van der Waals surface area (Å²) in [5.41, 5.74) is 10.1. The quantitative estimate of drug-likeness (QED) is 0.383. The van der Waals surface area contributed by atoms with Gasteiger partial charge in [0.25, 0.3) is 11.8 Å². The predicted octanol–water partition coefficient (Wildman–Crippen LogP) is 2.41. The molecule has 1 heterocycles. The Balaban J connectivity index is 1.56. The lowest BCUT2D eigenvalue weighted by Gasteiger charge is -2.30. The summed E-state index contributed by atoms with van der Waals surface area (Å²) < 4.78 is 38.8. The first kappa shape index (κ1) is 26.9. The van der Waals surface area contributed by atoms with Crippen molar-refractivity contribution in [1.82, 2.24) is 10.3 Å². The van der Waals surface area contributed by atoms with Crippen LogP contribution < -0.4 is 26.3 Å². The number of hydrogen-bond donors (Lipinski definition) is 4. The van der Waals surface area contributed by atoms with Gasteiger partial charge in [0.2, 0.25) is 0 Å². The minimum Gasteiger partial charge on any atom is -0.489 e. The highest BCUT2D eigenvalue weighted by Gasteiger charge is 2.27. The number of hydrogen-bond acceptors (Lipinski definition) is 7. The van der Waals surface area contributed by atoms with Gasteiger partial charge in [-0.3, -0.25) is 14.6 Å². The van der Waals surface area contributed by atoms with Crippen LogP contribution in [0.2, 0.25) is 0 Å². The van der Waals surface area contributed by atoms with Crippen LogP contribution in [0.4, 0.5) is 8.78 Å². The Kier molecular flexibility index (Phi) is 8.46. The van der Waals surface area contributed by atoms with Gasteiger partial charge in [0, 0.05) is 18.3 Å². The number of pyridine rings is 1. The molecule has 1 fully saturated rings. The zero-order chi connectivity index (χ0) is 26.5. The molecule has 0 unspecified atom stereocenters. The van der Waals surface area contributed by atoms with Gasteiger partial charge in [-0.15, -0.1) is 0 Å². The summed E-state index contributed by atoms with van der Waals surface area (Å²) in [6, 6.07) is 4.51. The Morgan fingerprint density at radius 3 is 2.47 bits per heavy atom. The maximum Gasteiger partial charge on any atom is 0.255 e. The molecule has 6 N–H and O–H groups in total. The number of carbonyl (C=O) groups is 2. The van der Waals surface area contributed by atoms with Crippen molar-refractivity contribution in [2.75, 3.05) is 6.61 Å². The smallest absolute Gasteiger partial charge is 0.255 e. The minimum absolute atomic E-state index is 0.0815. The van der Waals surface area contributed by atoms with Gasteiger partial charge in [0.05, 0.1) is 34.7 Å². The number of nitrogens with two attached hydrogens (primary N) is 2. The van der Waals surface area contributed by atoms with Crippen molar-refractivity contribution < 1.29 is 33.0 Å². The Bertz CT molecular complexity index is 1120. The standard InChI is InChI=1S/C25H30F2N4O5/c1-25(2,34)13-35-17-7-8-21(30-12-17)19(11-28)24(33)31-15-3-5-16(6-4-15)36-22-18(23(29)32)9-14(26)10-20(22)27/h7-12,15-16,34H,3-6,13,28H2,1-2H3,(H2,29,32)(H,31,33). The van der Waals surface area contributed by atoms with Gasteiger partial charge in [-0.1, -0.05) is 0 Å². The maximum absolute atomic E-state index is 14.2. The fraction of sp³-hybridized carbons (Fsp3) is 0.400. The molecule has 1 saturated carbocycles. The number of rotatable bonds is 9. The number of carbonyl (C=O) groups excluding carboxylic acids is 2. The number of aromatic nitrogens is 1. The lowest BCUT2D eigenvalue weighted by Crippen LogP contribution is -2.40. The van der Waals surface area contributed by atoms with E-state index in [1.54, 1.807) is 26.0 Å². The largest absolute Gasteiger partial charge is 0.489 e. The molecule has 9 nitrogen and oxygen atoms in total. The fourth-order valence-electron chi connectivity index (χ4n) is 3.78. The second kappa shape index (κ2) is 11.3. The van der Waals surface area contributed by atoms with Gasteiger partial charge in [-0.05, 0) is 57.7 Å². The average Bonchev–Trinajstić information content (AvgIpc) is 2.81. The van der Waals surface area contributed by atoms with Crippen LogP contribution in [0.3, 0.4) is 0 Å². The minimum atomic E-state index is -0.999. The number of aliphatic hydroxyl groups is 1. The molecule has 0 atom stereocenters. The zero-order valence-corrected chi connectivity index (χ0v) is 20.1. The van der Waals surface area contributed by atoms with E-state index in [4.69, 9.17) is 20.9 Å². The summed E-state index contributed by atoms with van der Waals surface area (Å²) in [6.45, 7) is 3.32. The van der Waals surface area contributed by atoms with E-state index in [9.17, 15) is 23.5 Å². The highest BCUT2D eigenvalue weighted by molar-refractivity contribution is 6.18. The van der Waals surface area contributed by atoms with Crippen molar-refractivity contribution >= 4 is 17.4 Å². The van der Waals surface area contributed by atoms with Crippen LogP contribution in [0.1, 0.15) is 55.6 Å². The van der Waals surface area contributed by atoms with E-state index in [1.165, 1.54) is 12.4 Å². The first-order valence-electron chi connectivity index (χ1n) is 11.5. The van der Waals surface area contributed by atoms with Crippen molar-refractivity contribution in [2.45, 2.75) is 57.3 Å². The van der Waals surface area contributed by atoms with Crippen LogP contribution in [0.15, 0.2) is 36.7 Å². The van der Waals surface area contributed by atoms with Crippen LogP contribution in [-0.2, 0) is 4.79 Å². The summed E-state index contributed by atoms with van der Waals surface area (Å²) in [6.07, 6.45) is 4.17. The molecule has 0 radical (unpaired) electrons. The molecule has 1 aliphatic rings. The molecule has 0 aliphatic heterocycles. The summed E-state index contributed by atoms with van der Waals surface area (Å²) in [5, 5.41) is 12.7. The molecule has 1 aromatic heterocycles. The van der Waals surface area contributed by atoms with Gasteiger partial charge >= 0.3 is 0 Å². The molecule has 1 aliphatic carbocycles. The molecule has 11 heteroatoms. The number of amides is 2. The maximum atomic E-state index is 14.2. The lowest BCUT2D eigenvalue weighted by molar-refractivity contribution is -0.116. The first-order valence-corrected chi connectivity index (χ1v) is 11.5. The van der Waals surface area contributed by atoms with Gasteiger partial charge in [-0.2, -0.15) is 0 Å². The van der Waals surface area contributed by atoms with E-state index in [0.717, 1.165) is 6.07 Å². The molecule has 36 heavy (non-hydrogen) atoms. The Labute approximate surface area is 207 Å². The van der Waals surface area contributed by atoms with Crippen LogP contribution in [0.25, 0.3) is 5.57 Å². The monoisotopic (exact) mass is 504 g/mol. The van der Waals surface area contributed by atoms with E-state index in [2.05, 4.69) is 10.3 Å². The van der Waals surface area contributed by atoms with Gasteiger partial charge < -0.3 is 31.4 Å². The molecule has 3 rings (SSSR count). The van der Waals surface area contributed by atoms with Crippen molar-refractivity contribution in [1.29, 1.82) is 0 Å². The molecular formula is C25H30F2N4O5. The second-order valence-electron chi connectivity index (χ2n) is 9.25. The molecule has 0 spiro atoms. The highest BCUT2D eigenvalue weighted by atomic mass is 19.1. The second-order valence-corrected chi connectivity index (χ2v) is 9.25. The van der Waals surface area contributed by atoms with Crippen molar-refractivity contribution in [2.24, 2.45) is 11.5 Å². The average molecular weight is 505 g/mol. The van der Waals surface area contributed by atoms with Crippen molar-refractivity contribution in [3.8, 4) is 11.5 Å². The summed E-state index contributed by atoms with van der Waals surface area (Å²) in [7, 11) is 0. The van der Waals surface area contributed by atoms with Gasteiger partial charge in [-0.25, -0.2) is 8.78 Å². The first-order chi connectivity index (χ1) is 17.0. The number of ether oxygens (including phenoxy) is 2. The molecule has 2 amide bonds. The third-order valence-corrected chi connectivity index (χ3v) is 5.58. The topological polar surface area (TPSA) is 150 Å². The molecule has 194 valence electrons. The Morgan fingerprint density at radius 2 is 1.92 bits per heavy atom. The number of nitrogens with one attached hydrogen (secondary N) is 1. The Hall–Kier alpha value is -3.73. The van der Waals surface area contributed by atoms with Crippen LogP contribution in [0, 0.1) is 11.6 Å². The number of benzene rings is 1.